The molecule has 0 bridgehead atoms. The first-order valence-electron chi connectivity index (χ1n) is 14.9. The SMILES string of the molecule is CCCCCCCCCCOS(=O)(=O)ONCCCCCCNOS(=O)(=O)OCCCCCCCCCC. The molecule has 0 saturated heterocycles. The zero-order chi connectivity index (χ0) is 28.2. The van der Waals surface area contributed by atoms with Gasteiger partial charge in [-0.1, -0.05) is 117 Å². The fourth-order valence-electron chi connectivity index (χ4n) is 3.82. The largest absolute Gasteiger partial charge is 0.416 e. The van der Waals surface area contributed by atoms with Gasteiger partial charge in [-0.25, -0.2) is 8.37 Å². The van der Waals surface area contributed by atoms with Gasteiger partial charge >= 0.3 is 20.8 Å². The highest BCUT2D eigenvalue weighted by Gasteiger charge is 2.12. The monoisotopic (exact) mass is 588 g/mol. The minimum atomic E-state index is -4.03. The second kappa shape index (κ2) is 26.9. The van der Waals surface area contributed by atoms with Crippen LogP contribution in [0.4, 0.5) is 0 Å². The average Bonchev–Trinajstić information content (AvgIpc) is 2.87. The summed E-state index contributed by atoms with van der Waals surface area (Å²) in [6, 6.07) is 0. The molecule has 38 heavy (non-hydrogen) atoms. The van der Waals surface area contributed by atoms with Crippen molar-refractivity contribution in [1.82, 2.24) is 11.0 Å². The van der Waals surface area contributed by atoms with Crippen LogP contribution in [-0.2, 0) is 37.7 Å². The average molecular weight is 589 g/mol. The summed E-state index contributed by atoms with van der Waals surface area (Å²) < 4.78 is 65.7. The van der Waals surface area contributed by atoms with Crippen LogP contribution in [0.25, 0.3) is 0 Å². The maximum absolute atomic E-state index is 11.7. The molecule has 0 atom stereocenters. The van der Waals surface area contributed by atoms with Crippen molar-refractivity contribution in [2.75, 3.05) is 26.3 Å². The highest BCUT2D eigenvalue weighted by atomic mass is 32.3. The van der Waals surface area contributed by atoms with Gasteiger partial charge in [0.1, 0.15) is 0 Å². The van der Waals surface area contributed by atoms with Crippen molar-refractivity contribution in [1.29, 1.82) is 0 Å². The first-order chi connectivity index (χ1) is 18.3. The molecular formula is C26H56N2O8S2. The molecule has 10 nitrogen and oxygen atoms in total. The molecule has 0 spiro atoms. The molecule has 2 N–H and O–H groups in total. The van der Waals surface area contributed by atoms with Gasteiger partial charge in [0.2, 0.25) is 0 Å². The Morgan fingerprint density at radius 2 is 0.711 bits per heavy atom. The summed E-state index contributed by atoms with van der Waals surface area (Å²) in [5.74, 6) is 0. The molecule has 0 radical (unpaired) electrons. The van der Waals surface area contributed by atoms with Gasteiger partial charge in [0.05, 0.1) is 13.2 Å². The Bertz CT molecular complexity index is 646. The highest BCUT2D eigenvalue weighted by Crippen LogP contribution is 2.10. The van der Waals surface area contributed by atoms with Crippen LogP contribution in [0.1, 0.15) is 142 Å². The molecule has 0 aliphatic heterocycles. The molecule has 0 fully saturated rings. The van der Waals surface area contributed by atoms with Gasteiger partial charge in [0.25, 0.3) is 0 Å². The highest BCUT2D eigenvalue weighted by molar-refractivity contribution is 7.82. The summed E-state index contributed by atoms with van der Waals surface area (Å²) in [6.07, 6.45) is 20.9. The lowest BCUT2D eigenvalue weighted by Crippen LogP contribution is -2.24. The summed E-state index contributed by atoms with van der Waals surface area (Å²) in [6.45, 7) is 5.38. The Morgan fingerprint density at radius 3 is 1.05 bits per heavy atom. The Morgan fingerprint density at radius 1 is 0.421 bits per heavy atom. The minimum Gasteiger partial charge on any atom is -0.247 e. The summed E-state index contributed by atoms with van der Waals surface area (Å²) in [4.78, 5) is 0. The molecule has 0 unspecified atom stereocenters. The molecule has 0 aromatic heterocycles. The molecule has 0 heterocycles. The van der Waals surface area contributed by atoms with Crippen LogP contribution in [0.3, 0.4) is 0 Å². The Kier molecular flexibility index (Phi) is 26.6. The van der Waals surface area contributed by atoms with E-state index >= 15 is 0 Å². The van der Waals surface area contributed by atoms with E-state index in [-0.39, 0.29) is 13.2 Å². The van der Waals surface area contributed by atoms with E-state index in [9.17, 15) is 16.8 Å². The molecule has 0 aliphatic rings. The van der Waals surface area contributed by atoms with Crippen molar-refractivity contribution < 1.29 is 33.8 Å². The lowest BCUT2D eigenvalue weighted by Gasteiger charge is -2.08. The van der Waals surface area contributed by atoms with E-state index in [1.165, 1.54) is 64.2 Å². The lowest BCUT2D eigenvalue weighted by atomic mass is 10.1. The number of unbranched alkanes of at least 4 members (excludes halogenated alkanes) is 17. The Labute approximate surface area is 233 Å². The van der Waals surface area contributed by atoms with Crippen LogP contribution >= 0.6 is 0 Å². The van der Waals surface area contributed by atoms with Crippen LogP contribution in [0.2, 0.25) is 0 Å². The zero-order valence-corrected chi connectivity index (χ0v) is 25.7. The molecule has 0 aromatic rings. The number of hydrogen-bond acceptors (Lipinski definition) is 10. The fourth-order valence-corrected chi connectivity index (χ4v) is 5.01. The molecule has 0 aliphatic carbocycles. The maximum Gasteiger partial charge on any atom is 0.416 e. The van der Waals surface area contributed by atoms with E-state index in [1.807, 2.05) is 0 Å². The van der Waals surface area contributed by atoms with E-state index in [2.05, 4.69) is 33.4 Å². The van der Waals surface area contributed by atoms with Crippen LogP contribution in [-0.4, -0.2) is 43.1 Å². The summed E-state index contributed by atoms with van der Waals surface area (Å²) in [5.41, 5.74) is 4.85. The van der Waals surface area contributed by atoms with Gasteiger partial charge in [-0.2, -0.15) is 36.4 Å². The van der Waals surface area contributed by atoms with Gasteiger partial charge in [-0.05, 0) is 25.7 Å². The van der Waals surface area contributed by atoms with Gasteiger partial charge in [0, 0.05) is 13.1 Å². The third kappa shape index (κ3) is 28.7. The molecule has 12 heteroatoms. The van der Waals surface area contributed by atoms with Gasteiger partial charge in [-0.3, -0.25) is 0 Å². The van der Waals surface area contributed by atoms with Crippen molar-refractivity contribution in [3.63, 3.8) is 0 Å². The topological polar surface area (TPSA) is 129 Å². The molecule has 0 saturated carbocycles. The van der Waals surface area contributed by atoms with E-state index in [1.54, 1.807) is 0 Å². The van der Waals surface area contributed by atoms with Crippen LogP contribution < -0.4 is 11.0 Å². The van der Waals surface area contributed by atoms with E-state index < -0.39 is 20.8 Å². The van der Waals surface area contributed by atoms with E-state index in [0.29, 0.717) is 38.8 Å². The second-order valence-electron chi connectivity index (χ2n) is 9.78. The smallest absolute Gasteiger partial charge is 0.247 e. The molecule has 0 amide bonds. The molecule has 230 valence electrons. The molecule has 0 rings (SSSR count). The Balaban J connectivity index is 3.48. The number of hydroxylamine groups is 2. The molecule has 0 aromatic carbocycles. The van der Waals surface area contributed by atoms with E-state index in [0.717, 1.165) is 38.5 Å². The lowest BCUT2D eigenvalue weighted by molar-refractivity contribution is 0.143. The van der Waals surface area contributed by atoms with Gasteiger partial charge < -0.3 is 0 Å². The third-order valence-corrected chi connectivity index (χ3v) is 7.64. The number of nitrogens with one attached hydrogen (secondary N) is 2. The van der Waals surface area contributed by atoms with Crippen LogP contribution in [0.15, 0.2) is 0 Å². The predicted molar refractivity (Wildman–Crippen MR) is 152 cm³/mol. The second-order valence-corrected chi connectivity index (χ2v) is 12.2. The van der Waals surface area contributed by atoms with Gasteiger partial charge in [0.15, 0.2) is 0 Å². The first-order valence-corrected chi connectivity index (χ1v) is 17.6. The number of hydrogen-bond donors (Lipinski definition) is 2. The van der Waals surface area contributed by atoms with Gasteiger partial charge in [-0.15, -0.1) is 0 Å². The van der Waals surface area contributed by atoms with Crippen molar-refractivity contribution in [3.8, 4) is 0 Å². The standard InChI is InChI=1S/C26H56N2O8S2/c1-3-5-7-9-11-13-17-21-25-33-37(29,30)35-27-23-19-15-16-20-24-28-36-38(31,32)34-26-22-18-14-12-10-8-6-4-2/h27-28H,3-26H2,1-2H3. The number of rotatable bonds is 31. The van der Waals surface area contributed by atoms with Crippen molar-refractivity contribution in [2.24, 2.45) is 0 Å². The minimum absolute atomic E-state index is 0.133. The van der Waals surface area contributed by atoms with Crippen molar-refractivity contribution in [2.45, 2.75) is 142 Å². The zero-order valence-electron chi connectivity index (χ0n) is 24.1. The van der Waals surface area contributed by atoms with E-state index in [4.69, 9.17) is 8.37 Å². The Hall–Kier alpha value is -0.340. The quantitative estimate of drug-likeness (QED) is 0.0694. The van der Waals surface area contributed by atoms with Crippen molar-refractivity contribution >= 4 is 20.8 Å². The first kappa shape index (κ1) is 37.7. The predicted octanol–water partition coefficient (Wildman–Crippen LogP) is 6.39. The van der Waals surface area contributed by atoms with Crippen LogP contribution in [0.5, 0.6) is 0 Å². The summed E-state index contributed by atoms with van der Waals surface area (Å²) in [7, 11) is -8.06. The van der Waals surface area contributed by atoms with Crippen molar-refractivity contribution in [3.05, 3.63) is 0 Å². The summed E-state index contributed by atoms with van der Waals surface area (Å²) in [5, 5.41) is 0. The summed E-state index contributed by atoms with van der Waals surface area (Å²) >= 11 is 0. The normalized spacial score (nSPS) is 12.4. The maximum atomic E-state index is 11.7. The third-order valence-electron chi connectivity index (χ3n) is 6.08. The fraction of sp³-hybridized carbons (Fsp3) is 1.00. The van der Waals surface area contributed by atoms with Crippen LogP contribution in [0, 0.1) is 0 Å². The molecular weight excluding hydrogens is 532 g/mol.